The quantitative estimate of drug-likeness (QED) is 0.790. The number of rotatable bonds is 2. The minimum Gasteiger partial charge on any atom is -0.354 e. The maximum absolute atomic E-state index is 13.0. The van der Waals surface area contributed by atoms with Crippen molar-refractivity contribution in [2.45, 2.75) is 4.90 Å². The number of anilines is 1. The zero-order chi connectivity index (χ0) is 10.8. The summed E-state index contributed by atoms with van der Waals surface area (Å²) in [6, 6.07) is 2.22. The summed E-state index contributed by atoms with van der Waals surface area (Å²) in [5.74, 6) is -1.79. The molecule has 2 rings (SSSR count). The molecule has 0 bridgehead atoms. The summed E-state index contributed by atoms with van der Waals surface area (Å²) in [5.41, 5.74) is 0.537. The first-order valence-corrected chi connectivity index (χ1v) is 5.23. The van der Waals surface area contributed by atoms with Crippen LogP contribution in [0.2, 0.25) is 0 Å². The highest BCUT2D eigenvalue weighted by Gasteiger charge is 2.19. The van der Waals surface area contributed by atoms with Crippen molar-refractivity contribution in [2.24, 2.45) is 0 Å². The normalized spacial score (nSPS) is 15.3. The average molecular weight is 234 g/mol. The molecule has 15 heavy (non-hydrogen) atoms. The average Bonchev–Trinajstić information content (AvgIpc) is 2.21. The van der Waals surface area contributed by atoms with E-state index in [0.717, 1.165) is 12.1 Å². The van der Waals surface area contributed by atoms with Crippen molar-refractivity contribution in [3.8, 4) is 0 Å². The van der Waals surface area contributed by atoms with Crippen LogP contribution in [-0.4, -0.2) is 19.9 Å². The molecule has 0 amide bonds. The van der Waals surface area contributed by atoms with Crippen molar-refractivity contribution in [3.63, 3.8) is 0 Å². The number of alkyl halides is 1. The molecule has 0 spiro atoms. The first-order valence-electron chi connectivity index (χ1n) is 4.42. The molecule has 1 aromatic carbocycles. The van der Waals surface area contributed by atoms with Gasteiger partial charge < -0.3 is 4.90 Å². The molecule has 1 aliphatic heterocycles. The second-order valence-corrected chi connectivity index (χ2v) is 4.02. The van der Waals surface area contributed by atoms with Crippen LogP contribution >= 0.6 is 11.9 Å². The second kappa shape index (κ2) is 4.32. The van der Waals surface area contributed by atoms with E-state index in [1.807, 2.05) is 0 Å². The Morgan fingerprint density at radius 1 is 1.33 bits per heavy atom. The summed E-state index contributed by atoms with van der Waals surface area (Å²) < 4.78 is 41.0. The Morgan fingerprint density at radius 2 is 2.07 bits per heavy atom. The third kappa shape index (κ3) is 2.05. The third-order valence-corrected chi connectivity index (χ3v) is 2.95. The summed E-state index contributed by atoms with van der Waals surface area (Å²) >= 11 is 1.22. The van der Waals surface area contributed by atoms with E-state index in [-0.39, 0.29) is 6.54 Å². The van der Waals surface area contributed by atoms with Crippen LogP contribution in [0.15, 0.2) is 17.0 Å². The Balaban J connectivity index is 2.38. The summed E-state index contributed by atoms with van der Waals surface area (Å²) in [6.45, 7) is 0.0725. The van der Waals surface area contributed by atoms with E-state index in [4.69, 9.17) is 0 Å². The summed E-state index contributed by atoms with van der Waals surface area (Å²) in [7, 11) is 0. The number of benzene rings is 1. The van der Waals surface area contributed by atoms with Crippen molar-refractivity contribution in [1.82, 2.24) is 4.72 Å². The van der Waals surface area contributed by atoms with E-state index in [2.05, 4.69) is 4.72 Å². The lowest BCUT2D eigenvalue weighted by atomic mass is 10.2. The molecule has 2 nitrogen and oxygen atoms in total. The molecule has 82 valence electrons. The summed E-state index contributed by atoms with van der Waals surface area (Å²) in [4.78, 5) is 2.21. The van der Waals surface area contributed by atoms with Crippen LogP contribution in [0.1, 0.15) is 0 Å². The van der Waals surface area contributed by atoms with Gasteiger partial charge in [0.2, 0.25) is 0 Å². The number of halogens is 3. The highest BCUT2D eigenvalue weighted by Crippen LogP contribution is 2.33. The van der Waals surface area contributed by atoms with Crippen molar-refractivity contribution in [3.05, 3.63) is 23.8 Å². The highest BCUT2D eigenvalue weighted by atomic mass is 32.2. The van der Waals surface area contributed by atoms with E-state index in [1.165, 1.54) is 11.9 Å². The van der Waals surface area contributed by atoms with Crippen molar-refractivity contribution in [2.75, 3.05) is 24.8 Å². The fourth-order valence-electron chi connectivity index (χ4n) is 1.42. The topological polar surface area (TPSA) is 15.3 Å². The minimum absolute atomic E-state index is 0.172. The molecule has 0 fully saturated rings. The molecule has 0 unspecified atom stereocenters. The van der Waals surface area contributed by atoms with Gasteiger partial charge in [-0.1, -0.05) is 0 Å². The predicted octanol–water partition coefficient (Wildman–Crippen LogP) is 2.31. The third-order valence-electron chi connectivity index (χ3n) is 2.13. The van der Waals surface area contributed by atoms with Gasteiger partial charge in [0, 0.05) is 17.5 Å². The van der Waals surface area contributed by atoms with Crippen LogP contribution in [0, 0.1) is 11.6 Å². The van der Waals surface area contributed by atoms with Gasteiger partial charge in [0.05, 0.1) is 12.4 Å². The van der Waals surface area contributed by atoms with Crippen molar-refractivity contribution < 1.29 is 13.2 Å². The molecule has 0 atom stereocenters. The molecule has 0 aliphatic carbocycles. The lowest BCUT2D eigenvalue weighted by molar-refractivity contribution is 0.483. The fraction of sp³-hybridized carbons (Fsp3) is 0.333. The van der Waals surface area contributed by atoms with Gasteiger partial charge in [-0.15, -0.1) is 0 Å². The molecule has 0 saturated heterocycles. The Labute approximate surface area is 89.6 Å². The smallest absolute Gasteiger partial charge is 0.160 e. The number of hydrogen-bond donors (Lipinski definition) is 1. The second-order valence-electron chi connectivity index (χ2n) is 3.09. The number of hydrogen-bond acceptors (Lipinski definition) is 3. The van der Waals surface area contributed by atoms with Gasteiger partial charge in [-0.05, 0) is 18.0 Å². The van der Waals surface area contributed by atoms with Crippen LogP contribution in [-0.2, 0) is 0 Å². The van der Waals surface area contributed by atoms with Crippen molar-refractivity contribution in [1.29, 1.82) is 0 Å². The SMILES string of the molecule is FCCN1CNSc2cc(F)c(F)cc21. The molecule has 1 N–H and O–H groups in total. The van der Waals surface area contributed by atoms with Gasteiger partial charge in [-0.2, -0.15) is 0 Å². The van der Waals surface area contributed by atoms with E-state index in [1.54, 1.807) is 4.90 Å². The first-order chi connectivity index (χ1) is 7.22. The number of fused-ring (bicyclic) bond motifs is 1. The van der Waals surface area contributed by atoms with Crippen LogP contribution in [0.25, 0.3) is 0 Å². The lowest BCUT2D eigenvalue weighted by Crippen LogP contribution is -2.36. The monoisotopic (exact) mass is 234 g/mol. The summed E-state index contributed by atoms with van der Waals surface area (Å²) in [6.07, 6.45) is 0. The van der Waals surface area contributed by atoms with E-state index in [9.17, 15) is 13.2 Å². The van der Waals surface area contributed by atoms with Gasteiger partial charge in [-0.3, -0.25) is 0 Å². The molecule has 6 heteroatoms. The molecule has 1 aromatic rings. The molecule has 0 radical (unpaired) electrons. The van der Waals surface area contributed by atoms with E-state index < -0.39 is 18.3 Å². The molecule has 0 aromatic heterocycles. The van der Waals surface area contributed by atoms with Gasteiger partial charge >= 0.3 is 0 Å². The minimum atomic E-state index is -0.903. The van der Waals surface area contributed by atoms with Crippen molar-refractivity contribution >= 4 is 17.6 Å². The van der Waals surface area contributed by atoms with Gasteiger partial charge in [0.25, 0.3) is 0 Å². The zero-order valence-electron chi connectivity index (χ0n) is 7.77. The molecule has 0 saturated carbocycles. The number of nitrogens with zero attached hydrogens (tertiary/aromatic N) is 1. The van der Waals surface area contributed by atoms with Crippen LogP contribution in [0.5, 0.6) is 0 Å². The van der Waals surface area contributed by atoms with Crippen LogP contribution in [0.3, 0.4) is 0 Å². The van der Waals surface area contributed by atoms with Gasteiger partial charge in [0.1, 0.15) is 6.67 Å². The molecule has 1 heterocycles. The highest BCUT2D eigenvalue weighted by molar-refractivity contribution is 7.97. The molecule has 1 aliphatic rings. The van der Waals surface area contributed by atoms with E-state index in [0.29, 0.717) is 17.3 Å². The fourth-order valence-corrected chi connectivity index (χ4v) is 2.25. The Hall–Kier alpha value is -0.880. The maximum Gasteiger partial charge on any atom is 0.160 e. The Morgan fingerprint density at radius 3 is 2.80 bits per heavy atom. The Kier molecular flexibility index (Phi) is 3.06. The van der Waals surface area contributed by atoms with E-state index >= 15 is 0 Å². The lowest BCUT2D eigenvalue weighted by Gasteiger charge is -2.30. The zero-order valence-corrected chi connectivity index (χ0v) is 8.58. The number of nitrogens with one attached hydrogen (secondary N) is 1. The molecular weight excluding hydrogens is 225 g/mol. The van der Waals surface area contributed by atoms with Gasteiger partial charge in [0.15, 0.2) is 11.6 Å². The van der Waals surface area contributed by atoms with Crippen LogP contribution in [0.4, 0.5) is 18.9 Å². The summed E-state index contributed by atoms with van der Waals surface area (Å²) in [5, 5.41) is 0. The maximum atomic E-state index is 13.0. The van der Waals surface area contributed by atoms with Crippen LogP contribution < -0.4 is 9.62 Å². The largest absolute Gasteiger partial charge is 0.354 e. The standard InChI is InChI=1S/C9H9F3N2S/c10-1-2-14-5-13-15-9-4-7(12)6(11)3-8(9)14/h3-4,13H,1-2,5H2. The molecular formula is C9H9F3N2S. The van der Waals surface area contributed by atoms with Gasteiger partial charge in [-0.25, -0.2) is 17.9 Å². The first kappa shape index (κ1) is 10.6. The Bertz CT molecular complexity index is 373. The predicted molar refractivity (Wildman–Crippen MR) is 53.5 cm³/mol.